The molecule has 0 aromatic carbocycles. The Labute approximate surface area is 85.0 Å². The largest absolute Gasteiger partial charge is 0.305 e. The minimum atomic E-state index is 0.698. The van der Waals surface area contributed by atoms with E-state index >= 15 is 0 Å². The lowest BCUT2D eigenvalue weighted by Crippen LogP contribution is -2.41. The van der Waals surface area contributed by atoms with Crippen LogP contribution in [0.3, 0.4) is 0 Å². The van der Waals surface area contributed by atoms with Crippen molar-refractivity contribution in [2.45, 2.75) is 18.8 Å². The Kier molecular flexibility index (Phi) is 1.84. The smallest absolute Gasteiger partial charge is 0.0479 e. The molecule has 1 aliphatic carbocycles. The van der Waals surface area contributed by atoms with E-state index in [1.54, 1.807) is 0 Å². The molecule has 1 aliphatic heterocycles. The fraction of sp³-hybridized carbons (Fsp3) is 0.583. The SMILES string of the molecule is CN1CC2C[C@@H](Cc3cccnc32)C1. The highest BCUT2D eigenvalue weighted by atomic mass is 15.1. The number of likely N-dealkylation sites (N-methyl/N-ethyl adjacent to an activating group) is 1. The van der Waals surface area contributed by atoms with Gasteiger partial charge in [-0.05, 0) is 37.4 Å². The van der Waals surface area contributed by atoms with Gasteiger partial charge in [-0.3, -0.25) is 4.98 Å². The summed E-state index contributed by atoms with van der Waals surface area (Å²) in [6, 6.07) is 4.33. The van der Waals surface area contributed by atoms with Gasteiger partial charge in [0.05, 0.1) is 0 Å². The molecule has 2 aliphatic rings. The van der Waals surface area contributed by atoms with Gasteiger partial charge in [0, 0.05) is 30.9 Å². The molecular weight excluding hydrogens is 172 g/mol. The molecule has 2 heterocycles. The van der Waals surface area contributed by atoms with Gasteiger partial charge < -0.3 is 4.90 Å². The number of aromatic nitrogens is 1. The molecule has 74 valence electrons. The second-order valence-corrected chi connectivity index (χ2v) is 4.77. The van der Waals surface area contributed by atoms with Crippen LogP contribution >= 0.6 is 0 Å². The van der Waals surface area contributed by atoms with Crippen molar-refractivity contribution >= 4 is 0 Å². The van der Waals surface area contributed by atoms with Gasteiger partial charge in [0.15, 0.2) is 0 Å². The van der Waals surface area contributed by atoms with Crippen molar-refractivity contribution in [2.24, 2.45) is 5.92 Å². The van der Waals surface area contributed by atoms with E-state index in [0.29, 0.717) is 5.92 Å². The fourth-order valence-electron chi connectivity index (χ4n) is 3.09. The summed E-state index contributed by atoms with van der Waals surface area (Å²) in [5.74, 6) is 1.57. The Morgan fingerprint density at radius 2 is 2.36 bits per heavy atom. The van der Waals surface area contributed by atoms with Crippen LogP contribution in [0.4, 0.5) is 0 Å². The van der Waals surface area contributed by atoms with Crippen LogP contribution in [0.25, 0.3) is 0 Å². The van der Waals surface area contributed by atoms with Gasteiger partial charge in [-0.2, -0.15) is 0 Å². The first-order chi connectivity index (χ1) is 6.83. The van der Waals surface area contributed by atoms with Crippen molar-refractivity contribution in [2.75, 3.05) is 20.1 Å². The summed E-state index contributed by atoms with van der Waals surface area (Å²) in [4.78, 5) is 7.00. The van der Waals surface area contributed by atoms with Crippen LogP contribution in [-0.2, 0) is 6.42 Å². The van der Waals surface area contributed by atoms with Gasteiger partial charge in [-0.15, -0.1) is 0 Å². The lowest BCUT2D eigenvalue weighted by molar-refractivity contribution is 0.172. The highest BCUT2D eigenvalue weighted by Crippen LogP contribution is 2.37. The first-order valence-corrected chi connectivity index (χ1v) is 5.45. The molecular formula is C12H16N2. The lowest BCUT2D eigenvalue weighted by atomic mass is 9.76. The monoisotopic (exact) mass is 188 g/mol. The molecule has 0 saturated carbocycles. The van der Waals surface area contributed by atoms with E-state index < -0.39 is 0 Å². The van der Waals surface area contributed by atoms with E-state index in [0.717, 1.165) is 5.92 Å². The Morgan fingerprint density at radius 1 is 1.43 bits per heavy atom. The summed E-state index contributed by atoms with van der Waals surface area (Å²) in [5, 5.41) is 0. The number of fused-ring (bicyclic) bond motifs is 4. The molecule has 1 unspecified atom stereocenters. The summed E-state index contributed by atoms with van der Waals surface area (Å²) in [5.41, 5.74) is 2.87. The second kappa shape index (κ2) is 3.06. The van der Waals surface area contributed by atoms with Crippen molar-refractivity contribution < 1.29 is 0 Å². The predicted octanol–water partition coefficient (Wildman–Crippen LogP) is 1.67. The zero-order valence-electron chi connectivity index (χ0n) is 8.61. The van der Waals surface area contributed by atoms with Gasteiger partial charge in [0.1, 0.15) is 0 Å². The Hall–Kier alpha value is -0.890. The zero-order chi connectivity index (χ0) is 9.54. The molecule has 14 heavy (non-hydrogen) atoms. The molecule has 2 bridgehead atoms. The van der Waals surface area contributed by atoms with Crippen LogP contribution in [0, 0.1) is 5.92 Å². The molecule has 0 N–H and O–H groups in total. The van der Waals surface area contributed by atoms with Crippen molar-refractivity contribution in [3.05, 3.63) is 29.6 Å². The second-order valence-electron chi connectivity index (χ2n) is 4.77. The molecule has 2 atom stereocenters. The number of nitrogens with zero attached hydrogens (tertiary/aromatic N) is 2. The number of likely N-dealkylation sites (tertiary alicyclic amines) is 1. The van der Waals surface area contributed by atoms with E-state index in [4.69, 9.17) is 0 Å². The third-order valence-electron chi connectivity index (χ3n) is 3.54. The third kappa shape index (κ3) is 1.25. The average Bonchev–Trinajstić information content (AvgIpc) is 2.17. The van der Waals surface area contributed by atoms with Crippen LogP contribution in [0.5, 0.6) is 0 Å². The van der Waals surface area contributed by atoms with Crippen molar-refractivity contribution in [1.29, 1.82) is 0 Å². The van der Waals surface area contributed by atoms with E-state index in [2.05, 4.69) is 29.1 Å². The number of hydrogen-bond acceptors (Lipinski definition) is 2. The molecule has 1 saturated heterocycles. The number of piperidine rings is 1. The van der Waals surface area contributed by atoms with E-state index in [9.17, 15) is 0 Å². The summed E-state index contributed by atoms with van der Waals surface area (Å²) < 4.78 is 0. The van der Waals surface area contributed by atoms with E-state index in [1.807, 2.05) is 6.20 Å². The molecule has 0 spiro atoms. The summed E-state index contributed by atoms with van der Waals surface area (Å²) in [6.45, 7) is 2.46. The van der Waals surface area contributed by atoms with Crippen LogP contribution < -0.4 is 0 Å². The number of rotatable bonds is 0. The quantitative estimate of drug-likeness (QED) is 0.615. The number of pyridine rings is 1. The van der Waals surface area contributed by atoms with Crippen LogP contribution in [0.1, 0.15) is 23.6 Å². The molecule has 1 fully saturated rings. The first-order valence-electron chi connectivity index (χ1n) is 5.45. The van der Waals surface area contributed by atoms with Gasteiger partial charge >= 0.3 is 0 Å². The summed E-state index contributed by atoms with van der Waals surface area (Å²) >= 11 is 0. The maximum Gasteiger partial charge on any atom is 0.0479 e. The molecule has 2 nitrogen and oxygen atoms in total. The van der Waals surface area contributed by atoms with Gasteiger partial charge in [0.25, 0.3) is 0 Å². The zero-order valence-corrected chi connectivity index (χ0v) is 8.61. The van der Waals surface area contributed by atoms with E-state index in [1.165, 1.54) is 37.2 Å². The summed E-state index contributed by atoms with van der Waals surface area (Å²) in [6.07, 6.45) is 4.53. The molecule has 3 rings (SSSR count). The molecule has 1 aromatic heterocycles. The average molecular weight is 188 g/mol. The highest BCUT2D eigenvalue weighted by molar-refractivity contribution is 5.28. The standard InChI is InChI=1S/C12H16N2/c1-14-7-9-5-10-3-2-4-13-12(10)11(6-9)8-14/h2-4,9,11H,5-8H2,1H3/t9-,11?/m1/s1. The minimum Gasteiger partial charge on any atom is -0.305 e. The van der Waals surface area contributed by atoms with Crippen LogP contribution in [0.15, 0.2) is 18.3 Å². The third-order valence-corrected chi connectivity index (χ3v) is 3.54. The maximum absolute atomic E-state index is 4.55. The Balaban J connectivity index is 2.01. The van der Waals surface area contributed by atoms with Crippen molar-refractivity contribution in [1.82, 2.24) is 9.88 Å². The first kappa shape index (κ1) is 8.42. The minimum absolute atomic E-state index is 0.698. The molecule has 0 radical (unpaired) electrons. The molecule has 2 heteroatoms. The van der Waals surface area contributed by atoms with Crippen LogP contribution in [-0.4, -0.2) is 30.0 Å². The van der Waals surface area contributed by atoms with Gasteiger partial charge in [-0.25, -0.2) is 0 Å². The molecule has 0 amide bonds. The maximum atomic E-state index is 4.55. The van der Waals surface area contributed by atoms with Crippen molar-refractivity contribution in [3.63, 3.8) is 0 Å². The summed E-state index contributed by atoms with van der Waals surface area (Å²) in [7, 11) is 2.23. The normalized spacial score (nSPS) is 31.2. The van der Waals surface area contributed by atoms with Gasteiger partial charge in [0.2, 0.25) is 0 Å². The van der Waals surface area contributed by atoms with Crippen LogP contribution in [0.2, 0.25) is 0 Å². The Morgan fingerprint density at radius 3 is 3.29 bits per heavy atom. The number of hydrogen-bond donors (Lipinski definition) is 0. The topological polar surface area (TPSA) is 16.1 Å². The predicted molar refractivity (Wildman–Crippen MR) is 56.3 cm³/mol. The van der Waals surface area contributed by atoms with Crippen molar-refractivity contribution in [3.8, 4) is 0 Å². The molecule has 1 aromatic rings. The Bertz CT molecular complexity index is 348. The lowest BCUT2D eigenvalue weighted by Gasteiger charge is -2.40. The fourth-order valence-corrected chi connectivity index (χ4v) is 3.09. The highest BCUT2D eigenvalue weighted by Gasteiger charge is 2.33. The van der Waals surface area contributed by atoms with Gasteiger partial charge in [-0.1, -0.05) is 6.07 Å². The van der Waals surface area contributed by atoms with E-state index in [-0.39, 0.29) is 0 Å².